The van der Waals surface area contributed by atoms with E-state index in [0.29, 0.717) is 12.3 Å². The number of piperazine rings is 1. The zero-order valence-electron chi connectivity index (χ0n) is 13.0. The second-order valence-corrected chi connectivity index (χ2v) is 5.90. The molecule has 0 aliphatic carbocycles. The van der Waals surface area contributed by atoms with Crippen LogP contribution in [-0.2, 0) is 11.2 Å². The molecule has 0 bridgehead atoms. The molecule has 1 aromatic rings. The second kappa shape index (κ2) is 6.65. The van der Waals surface area contributed by atoms with E-state index in [2.05, 4.69) is 27.3 Å². The smallest absolute Gasteiger partial charge is 0.229 e. The molecule has 20 heavy (non-hydrogen) atoms. The molecule has 0 saturated carbocycles. The lowest BCUT2D eigenvalue weighted by molar-refractivity contribution is 0.0170. The van der Waals surface area contributed by atoms with E-state index in [0.717, 1.165) is 38.4 Å². The Balaban J connectivity index is 2.05. The molecule has 1 aliphatic heterocycles. The average Bonchev–Trinajstić information content (AvgIpc) is 2.88. The molecule has 0 spiro atoms. The van der Waals surface area contributed by atoms with Gasteiger partial charge in [0.2, 0.25) is 5.89 Å². The Labute approximate surface area is 120 Å². The van der Waals surface area contributed by atoms with Crippen molar-refractivity contribution >= 4 is 0 Å². The minimum absolute atomic E-state index is 0.250. The first-order valence-corrected chi connectivity index (χ1v) is 7.38. The molecule has 1 unspecified atom stereocenters. The standard InChI is InChI=1S/C14H26N4O2/c1-5-11(18-8-6-15-7-9-18)13-16-12(20-17-13)10-14(2,3)19-4/h11,15H,5-10H2,1-4H3. The van der Waals surface area contributed by atoms with Crippen LogP contribution in [-0.4, -0.2) is 53.9 Å². The van der Waals surface area contributed by atoms with Gasteiger partial charge in [-0.05, 0) is 20.3 Å². The number of ether oxygens (including phenoxy) is 1. The van der Waals surface area contributed by atoms with E-state index in [-0.39, 0.29) is 11.6 Å². The summed E-state index contributed by atoms with van der Waals surface area (Å²) in [6.45, 7) is 10.3. The predicted octanol–water partition coefficient (Wildman–Crippen LogP) is 1.39. The SMILES string of the molecule is CCC(c1noc(CC(C)(C)OC)n1)N1CCNCC1. The van der Waals surface area contributed by atoms with Crippen LogP contribution in [0.1, 0.15) is 44.9 Å². The lowest BCUT2D eigenvalue weighted by Gasteiger charge is -2.32. The van der Waals surface area contributed by atoms with Gasteiger partial charge in [-0.3, -0.25) is 4.90 Å². The van der Waals surface area contributed by atoms with E-state index in [4.69, 9.17) is 9.26 Å². The average molecular weight is 282 g/mol. The van der Waals surface area contributed by atoms with Gasteiger partial charge in [0.15, 0.2) is 5.82 Å². The molecule has 1 fully saturated rings. The summed E-state index contributed by atoms with van der Waals surface area (Å²) in [4.78, 5) is 6.99. The van der Waals surface area contributed by atoms with Crippen LogP contribution in [0.5, 0.6) is 0 Å². The van der Waals surface area contributed by atoms with Crippen molar-refractivity contribution in [3.8, 4) is 0 Å². The van der Waals surface area contributed by atoms with Crippen molar-refractivity contribution in [2.45, 2.75) is 45.3 Å². The number of aromatic nitrogens is 2. The van der Waals surface area contributed by atoms with Crippen LogP contribution in [0.15, 0.2) is 4.52 Å². The molecule has 2 rings (SSSR count). The highest BCUT2D eigenvalue weighted by molar-refractivity contribution is 4.98. The molecular formula is C14H26N4O2. The van der Waals surface area contributed by atoms with E-state index in [1.807, 2.05) is 13.8 Å². The number of hydrogen-bond donors (Lipinski definition) is 1. The summed E-state index contributed by atoms with van der Waals surface area (Å²) in [6, 6.07) is 0.250. The maximum atomic E-state index is 5.41. The van der Waals surface area contributed by atoms with E-state index in [1.54, 1.807) is 7.11 Å². The van der Waals surface area contributed by atoms with E-state index in [1.165, 1.54) is 0 Å². The first-order valence-electron chi connectivity index (χ1n) is 7.38. The molecular weight excluding hydrogens is 256 g/mol. The minimum Gasteiger partial charge on any atom is -0.378 e. The zero-order valence-corrected chi connectivity index (χ0v) is 13.0. The van der Waals surface area contributed by atoms with Crippen molar-refractivity contribution in [1.29, 1.82) is 0 Å². The van der Waals surface area contributed by atoms with Crippen LogP contribution in [0, 0.1) is 0 Å². The molecule has 0 aromatic carbocycles. The van der Waals surface area contributed by atoms with Gasteiger partial charge in [0.25, 0.3) is 0 Å². The topological polar surface area (TPSA) is 63.4 Å². The summed E-state index contributed by atoms with van der Waals surface area (Å²) < 4.78 is 10.8. The van der Waals surface area contributed by atoms with Gasteiger partial charge in [-0.15, -0.1) is 0 Å². The Morgan fingerprint density at radius 3 is 2.70 bits per heavy atom. The van der Waals surface area contributed by atoms with Crippen LogP contribution in [0.4, 0.5) is 0 Å². The lowest BCUT2D eigenvalue weighted by Crippen LogP contribution is -2.45. The monoisotopic (exact) mass is 282 g/mol. The van der Waals surface area contributed by atoms with Crippen molar-refractivity contribution in [1.82, 2.24) is 20.4 Å². The summed E-state index contributed by atoms with van der Waals surface area (Å²) in [6.07, 6.45) is 1.63. The van der Waals surface area contributed by atoms with Gasteiger partial charge in [0, 0.05) is 33.3 Å². The molecule has 6 heteroatoms. The summed E-state index contributed by atoms with van der Waals surface area (Å²) in [7, 11) is 1.70. The van der Waals surface area contributed by atoms with Gasteiger partial charge >= 0.3 is 0 Å². The van der Waals surface area contributed by atoms with Crippen molar-refractivity contribution in [2.24, 2.45) is 0 Å². The highest BCUT2D eigenvalue weighted by Crippen LogP contribution is 2.23. The molecule has 6 nitrogen and oxygen atoms in total. The Morgan fingerprint density at radius 1 is 1.40 bits per heavy atom. The fourth-order valence-corrected chi connectivity index (χ4v) is 2.51. The van der Waals surface area contributed by atoms with Crippen LogP contribution >= 0.6 is 0 Å². The first kappa shape index (κ1) is 15.4. The number of nitrogens with zero attached hydrogens (tertiary/aromatic N) is 3. The fraction of sp³-hybridized carbons (Fsp3) is 0.857. The molecule has 1 aromatic heterocycles. The van der Waals surface area contributed by atoms with Crippen molar-refractivity contribution in [2.75, 3.05) is 33.3 Å². The van der Waals surface area contributed by atoms with Crippen molar-refractivity contribution in [3.05, 3.63) is 11.7 Å². The largest absolute Gasteiger partial charge is 0.378 e. The summed E-state index contributed by atoms with van der Waals surface area (Å²) in [5.74, 6) is 1.46. The highest BCUT2D eigenvalue weighted by atomic mass is 16.5. The Bertz CT molecular complexity index is 413. The fourth-order valence-electron chi connectivity index (χ4n) is 2.51. The molecule has 1 saturated heterocycles. The van der Waals surface area contributed by atoms with Gasteiger partial charge in [0.1, 0.15) is 0 Å². The van der Waals surface area contributed by atoms with Crippen LogP contribution in [0.2, 0.25) is 0 Å². The molecule has 1 aliphatic rings. The third kappa shape index (κ3) is 3.77. The Morgan fingerprint density at radius 2 is 2.10 bits per heavy atom. The van der Waals surface area contributed by atoms with Gasteiger partial charge in [-0.2, -0.15) is 4.98 Å². The van der Waals surface area contributed by atoms with Gasteiger partial charge in [0.05, 0.1) is 18.1 Å². The Hall–Kier alpha value is -0.980. The number of methoxy groups -OCH3 is 1. The second-order valence-electron chi connectivity index (χ2n) is 5.90. The number of nitrogens with one attached hydrogen (secondary N) is 1. The van der Waals surface area contributed by atoms with Crippen LogP contribution in [0.25, 0.3) is 0 Å². The van der Waals surface area contributed by atoms with E-state index < -0.39 is 0 Å². The first-order chi connectivity index (χ1) is 9.55. The van der Waals surface area contributed by atoms with Gasteiger partial charge in [-0.25, -0.2) is 0 Å². The third-order valence-corrected chi connectivity index (χ3v) is 3.89. The molecule has 1 N–H and O–H groups in total. The molecule has 1 atom stereocenters. The molecule has 2 heterocycles. The van der Waals surface area contributed by atoms with Crippen LogP contribution in [0.3, 0.4) is 0 Å². The summed E-state index contributed by atoms with van der Waals surface area (Å²) in [5.41, 5.74) is -0.277. The highest BCUT2D eigenvalue weighted by Gasteiger charge is 2.27. The minimum atomic E-state index is -0.277. The quantitative estimate of drug-likeness (QED) is 0.851. The van der Waals surface area contributed by atoms with Crippen molar-refractivity contribution in [3.63, 3.8) is 0 Å². The maximum absolute atomic E-state index is 5.41. The molecule has 114 valence electrons. The molecule has 0 amide bonds. The maximum Gasteiger partial charge on any atom is 0.229 e. The number of rotatable bonds is 6. The van der Waals surface area contributed by atoms with Gasteiger partial charge in [-0.1, -0.05) is 12.1 Å². The zero-order chi connectivity index (χ0) is 14.6. The van der Waals surface area contributed by atoms with Gasteiger partial charge < -0.3 is 14.6 Å². The normalized spacial score (nSPS) is 19.2. The Kier molecular flexibility index (Phi) is 5.12. The number of hydrogen-bond acceptors (Lipinski definition) is 6. The van der Waals surface area contributed by atoms with E-state index in [9.17, 15) is 0 Å². The van der Waals surface area contributed by atoms with E-state index >= 15 is 0 Å². The molecule has 0 radical (unpaired) electrons. The summed E-state index contributed by atoms with van der Waals surface area (Å²) in [5, 5.41) is 7.54. The summed E-state index contributed by atoms with van der Waals surface area (Å²) >= 11 is 0. The predicted molar refractivity (Wildman–Crippen MR) is 76.6 cm³/mol. The van der Waals surface area contributed by atoms with Crippen LogP contribution < -0.4 is 5.32 Å². The lowest BCUT2D eigenvalue weighted by atomic mass is 10.1. The third-order valence-electron chi connectivity index (χ3n) is 3.89. The van der Waals surface area contributed by atoms with Crippen molar-refractivity contribution < 1.29 is 9.26 Å².